The van der Waals surface area contributed by atoms with Gasteiger partial charge in [0, 0.05) is 14.1 Å². The van der Waals surface area contributed by atoms with Crippen molar-refractivity contribution in [1.82, 2.24) is 4.98 Å². The Morgan fingerprint density at radius 2 is 2.10 bits per heavy atom. The van der Waals surface area contributed by atoms with Crippen molar-refractivity contribution in [2.24, 2.45) is 0 Å². The smallest absolute Gasteiger partial charge is 0.0930 e. The number of anilines is 1. The number of pyridine rings is 1. The molecule has 0 radical (unpaired) electrons. The van der Waals surface area contributed by atoms with Gasteiger partial charge in [0.15, 0.2) is 0 Å². The molecule has 0 bridgehead atoms. The van der Waals surface area contributed by atoms with Crippen LogP contribution in [0.1, 0.15) is 0 Å². The lowest BCUT2D eigenvalue weighted by Crippen LogP contribution is -2.08. The molecule has 0 N–H and O–H groups in total. The average Bonchev–Trinajstić information content (AvgIpc) is 1.88. The first kappa shape index (κ1) is 7.41. The van der Waals surface area contributed by atoms with Crippen LogP contribution in [0.5, 0.6) is 0 Å². The van der Waals surface area contributed by atoms with Gasteiger partial charge in [-0.2, -0.15) is 0 Å². The molecule has 0 unspecified atom stereocenters. The summed E-state index contributed by atoms with van der Waals surface area (Å²) in [6.45, 7) is 0. The molecule has 0 amide bonds. The molecule has 0 saturated heterocycles. The van der Waals surface area contributed by atoms with Crippen molar-refractivity contribution in [2.45, 2.75) is 5.03 Å². The van der Waals surface area contributed by atoms with Crippen molar-refractivity contribution < 1.29 is 0 Å². The van der Waals surface area contributed by atoms with Gasteiger partial charge in [0.05, 0.1) is 16.9 Å². The van der Waals surface area contributed by atoms with E-state index in [1.807, 2.05) is 31.1 Å². The first-order valence-corrected chi connectivity index (χ1v) is 3.47. The minimum Gasteiger partial charge on any atom is -0.376 e. The van der Waals surface area contributed by atoms with Gasteiger partial charge < -0.3 is 4.90 Å². The van der Waals surface area contributed by atoms with Gasteiger partial charge >= 0.3 is 0 Å². The van der Waals surface area contributed by atoms with Gasteiger partial charge in [-0.3, -0.25) is 0 Å². The maximum atomic E-state index is 4.07. The lowest BCUT2D eigenvalue weighted by Gasteiger charge is -2.10. The van der Waals surface area contributed by atoms with Gasteiger partial charge in [0.1, 0.15) is 0 Å². The lowest BCUT2D eigenvalue weighted by molar-refractivity contribution is 1.07. The van der Waals surface area contributed by atoms with Gasteiger partial charge in [0.2, 0.25) is 0 Å². The lowest BCUT2D eigenvalue weighted by atomic mass is 10.4. The van der Waals surface area contributed by atoms with Gasteiger partial charge in [-0.25, -0.2) is 4.98 Å². The van der Waals surface area contributed by atoms with Crippen LogP contribution in [0.15, 0.2) is 23.4 Å². The molecule has 1 aromatic rings. The minimum atomic E-state index is 0.755. The van der Waals surface area contributed by atoms with E-state index in [4.69, 9.17) is 0 Å². The summed E-state index contributed by atoms with van der Waals surface area (Å²) in [5, 5.41) is 0.755. The predicted molar refractivity (Wildman–Crippen MR) is 45.8 cm³/mol. The first-order valence-electron chi connectivity index (χ1n) is 3.02. The molecule has 1 rings (SSSR count). The SMILES string of the molecule is CN(C)c1ccc(S)nc1. The molecular weight excluding hydrogens is 144 g/mol. The highest BCUT2D eigenvalue weighted by Crippen LogP contribution is 2.10. The Hall–Kier alpha value is -0.700. The predicted octanol–water partition coefficient (Wildman–Crippen LogP) is 1.44. The molecule has 0 atom stereocenters. The number of thiol groups is 1. The van der Waals surface area contributed by atoms with Crippen LogP contribution in [0.3, 0.4) is 0 Å². The Labute approximate surface area is 66.3 Å². The molecule has 1 aromatic heterocycles. The van der Waals surface area contributed by atoms with Crippen LogP contribution in [-0.4, -0.2) is 19.1 Å². The number of aromatic nitrogens is 1. The van der Waals surface area contributed by atoms with E-state index in [2.05, 4.69) is 17.6 Å². The molecule has 0 aliphatic rings. The Morgan fingerprint density at radius 3 is 2.50 bits per heavy atom. The summed E-state index contributed by atoms with van der Waals surface area (Å²) in [5.41, 5.74) is 1.10. The van der Waals surface area contributed by atoms with E-state index < -0.39 is 0 Å². The van der Waals surface area contributed by atoms with E-state index in [1.165, 1.54) is 0 Å². The standard InChI is InChI=1S/C7H10N2S/c1-9(2)6-3-4-7(10)8-5-6/h3-5H,1-2H3,(H,8,10). The summed E-state index contributed by atoms with van der Waals surface area (Å²) in [7, 11) is 3.96. The third kappa shape index (κ3) is 1.64. The summed E-state index contributed by atoms with van der Waals surface area (Å²) >= 11 is 4.07. The fourth-order valence-electron chi connectivity index (χ4n) is 0.643. The maximum Gasteiger partial charge on any atom is 0.0930 e. The first-order chi connectivity index (χ1) is 4.70. The summed E-state index contributed by atoms with van der Waals surface area (Å²) in [6, 6.07) is 3.85. The van der Waals surface area contributed by atoms with Crippen LogP contribution in [0.25, 0.3) is 0 Å². The van der Waals surface area contributed by atoms with E-state index in [1.54, 1.807) is 6.20 Å². The second kappa shape index (κ2) is 2.92. The molecule has 0 aliphatic heterocycles. The van der Waals surface area contributed by atoms with E-state index >= 15 is 0 Å². The highest BCUT2D eigenvalue weighted by atomic mass is 32.1. The van der Waals surface area contributed by atoms with Gasteiger partial charge in [-0.15, -0.1) is 12.6 Å². The van der Waals surface area contributed by atoms with Crippen molar-refractivity contribution in [1.29, 1.82) is 0 Å². The fraction of sp³-hybridized carbons (Fsp3) is 0.286. The topological polar surface area (TPSA) is 16.1 Å². The molecule has 0 aromatic carbocycles. The summed E-state index contributed by atoms with van der Waals surface area (Å²) in [6.07, 6.45) is 1.79. The molecule has 0 fully saturated rings. The average molecular weight is 154 g/mol. The quantitative estimate of drug-likeness (QED) is 0.616. The summed E-state index contributed by atoms with van der Waals surface area (Å²) < 4.78 is 0. The number of rotatable bonds is 1. The van der Waals surface area contributed by atoms with Crippen LogP contribution in [0, 0.1) is 0 Å². The third-order valence-electron chi connectivity index (χ3n) is 1.25. The Kier molecular flexibility index (Phi) is 2.17. The van der Waals surface area contributed by atoms with E-state index in [9.17, 15) is 0 Å². The normalized spacial score (nSPS) is 9.50. The van der Waals surface area contributed by atoms with E-state index in [-0.39, 0.29) is 0 Å². The van der Waals surface area contributed by atoms with Crippen molar-refractivity contribution in [3.8, 4) is 0 Å². The summed E-state index contributed by atoms with van der Waals surface area (Å²) in [4.78, 5) is 6.02. The Balaban J connectivity index is 2.89. The molecule has 0 saturated carbocycles. The second-order valence-corrected chi connectivity index (χ2v) is 2.73. The number of hydrogen-bond donors (Lipinski definition) is 1. The zero-order valence-corrected chi connectivity index (χ0v) is 6.97. The fourth-order valence-corrected chi connectivity index (χ4v) is 0.775. The molecule has 0 aliphatic carbocycles. The van der Waals surface area contributed by atoms with E-state index in [0.717, 1.165) is 10.7 Å². The molecule has 2 nitrogen and oxygen atoms in total. The van der Waals surface area contributed by atoms with Crippen molar-refractivity contribution >= 4 is 18.3 Å². The maximum absolute atomic E-state index is 4.07. The van der Waals surface area contributed by atoms with E-state index in [0.29, 0.717) is 0 Å². The molecule has 10 heavy (non-hydrogen) atoms. The molecule has 1 heterocycles. The monoisotopic (exact) mass is 154 g/mol. The molecule has 3 heteroatoms. The number of hydrogen-bond acceptors (Lipinski definition) is 3. The highest BCUT2D eigenvalue weighted by Gasteiger charge is 1.92. The van der Waals surface area contributed by atoms with Crippen molar-refractivity contribution in [3.63, 3.8) is 0 Å². The second-order valence-electron chi connectivity index (χ2n) is 2.27. The zero-order chi connectivity index (χ0) is 7.56. The van der Waals surface area contributed by atoms with Gasteiger partial charge in [-0.1, -0.05) is 0 Å². The number of nitrogens with zero attached hydrogens (tertiary/aromatic N) is 2. The molecule has 54 valence electrons. The van der Waals surface area contributed by atoms with Gasteiger partial charge in [-0.05, 0) is 12.1 Å². The zero-order valence-electron chi connectivity index (χ0n) is 6.07. The van der Waals surface area contributed by atoms with Crippen molar-refractivity contribution in [3.05, 3.63) is 18.3 Å². The van der Waals surface area contributed by atoms with Crippen LogP contribution in [0.4, 0.5) is 5.69 Å². The highest BCUT2D eigenvalue weighted by molar-refractivity contribution is 7.80. The third-order valence-corrected chi connectivity index (χ3v) is 1.51. The largest absolute Gasteiger partial charge is 0.376 e. The molecular formula is C7H10N2S. The van der Waals surface area contributed by atoms with Crippen LogP contribution < -0.4 is 4.90 Å². The Bertz CT molecular complexity index is 205. The van der Waals surface area contributed by atoms with Crippen LogP contribution in [-0.2, 0) is 0 Å². The molecule has 0 spiro atoms. The Morgan fingerprint density at radius 1 is 1.40 bits per heavy atom. The van der Waals surface area contributed by atoms with Crippen molar-refractivity contribution in [2.75, 3.05) is 19.0 Å². The summed E-state index contributed by atoms with van der Waals surface area (Å²) in [5.74, 6) is 0. The minimum absolute atomic E-state index is 0.755. The van der Waals surface area contributed by atoms with Crippen LogP contribution >= 0.6 is 12.6 Å². The van der Waals surface area contributed by atoms with Gasteiger partial charge in [0.25, 0.3) is 0 Å². The van der Waals surface area contributed by atoms with Crippen LogP contribution in [0.2, 0.25) is 0 Å².